The first kappa shape index (κ1) is 20.9. The number of carboxylic acids is 1. The summed E-state index contributed by atoms with van der Waals surface area (Å²) >= 11 is 0. The minimum absolute atomic E-state index is 0.0655. The third-order valence-electron chi connectivity index (χ3n) is 3.96. The lowest BCUT2D eigenvalue weighted by Crippen LogP contribution is -2.14. The van der Waals surface area contributed by atoms with Gasteiger partial charge < -0.3 is 19.4 Å². The first-order chi connectivity index (χ1) is 14.6. The molecule has 0 spiro atoms. The van der Waals surface area contributed by atoms with Crippen molar-refractivity contribution in [2.45, 2.75) is 13.3 Å². The number of nitrogens with zero attached hydrogens (tertiary/aromatic N) is 2. The first-order valence-corrected chi connectivity index (χ1v) is 9.45. The van der Waals surface area contributed by atoms with E-state index in [2.05, 4.69) is 10.1 Å². The summed E-state index contributed by atoms with van der Waals surface area (Å²) in [6, 6.07) is 19.8. The SMILES string of the molecule is CCO/N=C(\COc1cccc(CC(=O)O)c1)c1cccc(Oc2ccccn2)c1. The van der Waals surface area contributed by atoms with Crippen LogP contribution >= 0.6 is 0 Å². The van der Waals surface area contributed by atoms with Crippen LogP contribution in [0.3, 0.4) is 0 Å². The zero-order valence-electron chi connectivity index (χ0n) is 16.5. The van der Waals surface area contributed by atoms with Crippen LogP contribution in [0.15, 0.2) is 78.1 Å². The van der Waals surface area contributed by atoms with Crippen LogP contribution in [0.4, 0.5) is 0 Å². The number of oxime groups is 1. The quantitative estimate of drug-likeness (QED) is 0.398. The van der Waals surface area contributed by atoms with Crippen LogP contribution in [0, 0.1) is 0 Å². The molecule has 0 radical (unpaired) electrons. The largest absolute Gasteiger partial charge is 0.487 e. The van der Waals surface area contributed by atoms with Crippen molar-refractivity contribution >= 4 is 11.7 Å². The number of hydrogen-bond donors (Lipinski definition) is 1. The molecule has 3 aromatic rings. The van der Waals surface area contributed by atoms with Crippen molar-refractivity contribution in [1.29, 1.82) is 0 Å². The Morgan fingerprint density at radius 2 is 1.87 bits per heavy atom. The Bertz CT molecular complexity index is 1010. The summed E-state index contributed by atoms with van der Waals surface area (Å²) in [5, 5.41) is 13.1. The summed E-state index contributed by atoms with van der Waals surface area (Å²) in [6.07, 6.45) is 1.59. The molecule has 0 aliphatic carbocycles. The number of carboxylic acid groups (broad SMARTS) is 1. The first-order valence-electron chi connectivity index (χ1n) is 9.45. The van der Waals surface area contributed by atoms with Crippen molar-refractivity contribution in [2.75, 3.05) is 13.2 Å². The third-order valence-corrected chi connectivity index (χ3v) is 3.96. The monoisotopic (exact) mass is 406 g/mol. The number of benzene rings is 2. The molecule has 1 heterocycles. The zero-order valence-corrected chi connectivity index (χ0v) is 16.5. The minimum Gasteiger partial charge on any atom is -0.487 e. The lowest BCUT2D eigenvalue weighted by atomic mass is 10.1. The van der Waals surface area contributed by atoms with Crippen molar-refractivity contribution in [2.24, 2.45) is 5.16 Å². The van der Waals surface area contributed by atoms with E-state index in [1.807, 2.05) is 43.3 Å². The molecule has 30 heavy (non-hydrogen) atoms. The predicted octanol–water partition coefficient (Wildman–Crippen LogP) is 4.32. The maximum absolute atomic E-state index is 10.9. The zero-order chi connectivity index (χ0) is 21.2. The van der Waals surface area contributed by atoms with Crippen molar-refractivity contribution < 1.29 is 24.2 Å². The van der Waals surface area contributed by atoms with Crippen molar-refractivity contribution in [3.8, 4) is 17.4 Å². The van der Waals surface area contributed by atoms with Gasteiger partial charge in [-0.2, -0.15) is 0 Å². The molecule has 2 aromatic carbocycles. The van der Waals surface area contributed by atoms with E-state index in [9.17, 15) is 4.79 Å². The molecule has 0 unspecified atom stereocenters. The average Bonchev–Trinajstić information content (AvgIpc) is 2.74. The maximum Gasteiger partial charge on any atom is 0.307 e. The molecule has 0 aliphatic rings. The molecule has 154 valence electrons. The number of rotatable bonds is 10. The summed E-state index contributed by atoms with van der Waals surface area (Å²) in [5.41, 5.74) is 2.01. The molecular weight excluding hydrogens is 384 g/mol. The Balaban J connectivity index is 1.75. The number of ether oxygens (including phenoxy) is 2. The van der Waals surface area contributed by atoms with E-state index in [4.69, 9.17) is 19.4 Å². The van der Waals surface area contributed by atoms with Crippen LogP contribution in [0.25, 0.3) is 0 Å². The molecule has 0 aliphatic heterocycles. The van der Waals surface area contributed by atoms with Gasteiger partial charge in [0.15, 0.2) is 0 Å². The fourth-order valence-corrected chi connectivity index (χ4v) is 2.64. The Morgan fingerprint density at radius 3 is 2.63 bits per heavy atom. The van der Waals surface area contributed by atoms with Crippen molar-refractivity contribution in [1.82, 2.24) is 4.98 Å². The highest BCUT2D eigenvalue weighted by Crippen LogP contribution is 2.21. The van der Waals surface area contributed by atoms with Gasteiger partial charge in [-0.05, 0) is 42.8 Å². The molecule has 0 bridgehead atoms. The number of hydrogen-bond acceptors (Lipinski definition) is 6. The molecule has 0 saturated carbocycles. The van der Waals surface area contributed by atoms with E-state index in [-0.39, 0.29) is 13.0 Å². The molecule has 7 nitrogen and oxygen atoms in total. The van der Waals surface area contributed by atoms with Crippen LogP contribution < -0.4 is 9.47 Å². The number of pyridine rings is 1. The molecular formula is C23H22N2O5. The summed E-state index contributed by atoms with van der Waals surface area (Å²) in [5.74, 6) is 0.762. The van der Waals surface area contributed by atoms with Gasteiger partial charge in [-0.3, -0.25) is 4.79 Å². The summed E-state index contributed by atoms with van der Waals surface area (Å²) in [4.78, 5) is 20.3. The normalized spacial score (nSPS) is 11.0. The molecule has 3 rings (SSSR count). The molecule has 1 aromatic heterocycles. The Morgan fingerprint density at radius 1 is 1.03 bits per heavy atom. The maximum atomic E-state index is 10.9. The van der Waals surface area contributed by atoms with Gasteiger partial charge in [0.25, 0.3) is 0 Å². The third kappa shape index (κ3) is 6.34. The second kappa shape index (κ2) is 10.6. The van der Waals surface area contributed by atoms with Gasteiger partial charge >= 0.3 is 5.97 Å². The highest BCUT2D eigenvalue weighted by Gasteiger charge is 2.10. The molecule has 1 N–H and O–H groups in total. The standard InChI is InChI=1S/C23H22N2O5/c1-2-29-25-21(16-28-19-9-5-7-17(13-19)14-23(26)27)18-8-6-10-20(15-18)30-22-11-3-4-12-24-22/h3-13,15H,2,14,16H2,1H3,(H,26,27)/b25-21+. The van der Waals surface area contributed by atoms with Crippen LogP contribution in [0.5, 0.6) is 17.4 Å². The van der Waals surface area contributed by atoms with E-state index >= 15 is 0 Å². The lowest BCUT2D eigenvalue weighted by Gasteiger charge is -2.11. The van der Waals surface area contributed by atoms with Crippen LogP contribution in [0.2, 0.25) is 0 Å². The van der Waals surface area contributed by atoms with E-state index < -0.39 is 5.97 Å². The summed E-state index contributed by atoms with van der Waals surface area (Å²) in [6.45, 7) is 2.41. The van der Waals surface area contributed by atoms with Gasteiger partial charge in [-0.15, -0.1) is 0 Å². The van der Waals surface area contributed by atoms with Gasteiger partial charge in [0.2, 0.25) is 5.88 Å². The predicted molar refractivity (Wildman–Crippen MR) is 112 cm³/mol. The van der Waals surface area contributed by atoms with E-state index in [0.717, 1.165) is 5.56 Å². The number of carbonyl (C=O) groups is 1. The minimum atomic E-state index is -0.893. The van der Waals surface area contributed by atoms with Gasteiger partial charge in [-0.1, -0.05) is 35.5 Å². The summed E-state index contributed by atoms with van der Waals surface area (Å²) < 4.78 is 11.6. The fraction of sp³-hybridized carbons (Fsp3) is 0.174. The molecule has 0 fully saturated rings. The fourth-order valence-electron chi connectivity index (χ4n) is 2.64. The Kier molecular flexibility index (Phi) is 7.38. The molecule has 0 amide bonds. The van der Waals surface area contributed by atoms with E-state index in [0.29, 0.717) is 35.3 Å². The second-order valence-electron chi connectivity index (χ2n) is 6.26. The van der Waals surface area contributed by atoms with Crippen LogP contribution in [0.1, 0.15) is 18.1 Å². The smallest absolute Gasteiger partial charge is 0.307 e. The number of aromatic nitrogens is 1. The van der Waals surface area contributed by atoms with Gasteiger partial charge in [0, 0.05) is 17.8 Å². The Labute approximate surface area is 174 Å². The average molecular weight is 406 g/mol. The molecule has 0 saturated heterocycles. The highest BCUT2D eigenvalue weighted by atomic mass is 16.6. The van der Waals surface area contributed by atoms with Crippen LogP contribution in [-0.4, -0.2) is 35.0 Å². The summed E-state index contributed by atoms with van der Waals surface area (Å²) in [7, 11) is 0. The van der Waals surface area contributed by atoms with Gasteiger partial charge in [0.05, 0.1) is 6.42 Å². The second-order valence-corrected chi connectivity index (χ2v) is 6.26. The van der Waals surface area contributed by atoms with Crippen molar-refractivity contribution in [3.05, 3.63) is 84.1 Å². The van der Waals surface area contributed by atoms with Crippen molar-refractivity contribution in [3.63, 3.8) is 0 Å². The van der Waals surface area contributed by atoms with Crippen LogP contribution in [-0.2, 0) is 16.1 Å². The van der Waals surface area contributed by atoms with Gasteiger partial charge in [-0.25, -0.2) is 4.98 Å². The topological polar surface area (TPSA) is 90.2 Å². The highest BCUT2D eigenvalue weighted by molar-refractivity contribution is 6.01. The molecule has 0 atom stereocenters. The van der Waals surface area contributed by atoms with E-state index in [1.54, 1.807) is 36.5 Å². The lowest BCUT2D eigenvalue weighted by molar-refractivity contribution is -0.136. The van der Waals surface area contributed by atoms with Gasteiger partial charge in [0.1, 0.15) is 30.4 Å². The van der Waals surface area contributed by atoms with E-state index in [1.165, 1.54) is 0 Å². The number of aliphatic carboxylic acids is 1. The Hall–Kier alpha value is -3.87. The molecule has 7 heteroatoms.